The Morgan fingerprint density at radius 3 is 2.50 bits per heavy atom. The van der Waals surface area contributed by atoms with Crippen LogP contribution in [0, 0.1) is 0 Å². The van der Waals surface area contributed by atoms with Gasteiger partial charge in [0.15, 0.2) is 0 Å². The molecule has 0 aliphatic carbocycles. The van der Waals surface area contributed by atoms with Crippen molar-refractivity contribution in [3.8, 4) is 5.75 Å². The third-order valence-corrected chi connectivity index (χ3v) is 1.20. The minimum absolute atomic E-state index is 0.226. The van der Waals surface area contributed by atoms with Crippen LogP contribution in [-0.2, 0) is 3.83 Å². The lowest BCUT2D eigenvalue weighted by molar-refractivity contribution is 0.152. The van der Waals surface area contributed by atoms with E-state index in [2.05, 4.69) is 20.1 Å². The van der Waals surface area contributed by atoms with Gasteiger partial charge in [0.25, 0.3) is 0 Å². The van der Waals surface area contributed by atoms with Crippen molar-refractivity contribution in [2.75, 3.05) is 6.79 Å². The fourth-order valence-electron chi connectivity index (χ4n) is 0.607. The van der Waals surface area contributed by atoms with E-state index in [1.807, 2.05) is 30.3 Å². The second-order valence-electron chi connectivity index (χ2n) is 1.68. The highest BCUT2D eigenvalue weighted by Gasteiger charge is 1.87. The number of rotatable bonds is 3. The molecular weight excluding hydrogens is 196 g/mol. The highest BCUT2D eigenvalue weighted by atomic mass is 79.9. The minimum atomic E-state index is 0.226. The van der Waals surface area contributed by atoms with Crippen LogP contribution in [0.25, 0.3) is 0 Å². The average molecular weight is 203 g/mol. The topological polar surface area (TPSA) is 18.5 Å². The van der Waals surface area contributed by atoms with Crippen LogP contribution in [0.3, 0.4) is 0 Å². The molecule has 2 nitrogen and oxygen atoms in total. The number of hydrogen-bond donors (Lipinski definition) is 0. The molecule has 0 spiro atoms. The summed E-state index contributed by atoms with van der Waals surface area (Å²) in [5.41, 5.74) is 0. The summed E-state index contributed by atoms with van der Waals surface area (Å²) >= 11 is 2.78. The fraction of sp³-hybridized carbons (Fsp3) is 0.143. The molecule has 0 aliphatic rings. The Bertz CT molecular complexity index is 176. The van der Waals surface area contributed by atoms with E-state index in [-0.39, 0.29) is 6.79 Å². The Balaban J connectivity index is 2.43. The van der Waals surface area contributed by atoms with Crippen molar-refractivity contribution < 1.29 is 8.57 Å². The van der Waals surface area contributed by atoms with Crippen molar-refractivity contribution in [1.29, 1.82) is 0 Å². The Morgan fingerprint density at radius 1 is 1.20 bits per heavy atom. The molecule has 0 saturated carbocycles. The maximum absolute atomic E-state index is 5.09. The van der Waals surface area contributed by atoms with Crippen molar-refractivity contribution in [1.82, 2.24) is 0 Å². The number of benzene rings is 1. The molecule has 0 aromatic heterocycles. The van der Waals surface area contributed by atoms with Crippen molar-refractivity contribution in [3.63, 3.8) is 0 Å². The molecule has 1 aromatic rings. The summed E-state index contributed by atoms with van der Waals surface area (Å²) < 4.78 is 9.62. The van der Waals surface area contributed by atoms with E-state index in [1.54, 1.807) is 0 Å². The molecule has 0 atom stereocenters. The first kappa shape index (κ1) is 7.57. The van der Waals surface area contributed by atoms with Gasteiger partial charge in [0.05, 0.1) is 0 Å². The SMILES string of the molecule is BrOCOc1ccccc1. The van der Waals surface area contributed by atoms with Gasteiger partial charge in [0.1, 0.15) is 22.0 Å². The van der Waals surface area contributed by atoms with Gasteiger partial charge in [-0.1, -0.05) is 18.2 Å². The second-order valence-corrected chi connectivity index (χ2v) is 2.14. The number of para-hydroxylation sites is 1. The zero-order valence-corrected chi connectivity index (χ0v) is 6.87. The Hall–Kier alpha value is -0.540. The largest absolute Gasteiger partial charge is 0.467 e. The summed E-state index contributed by atoms with van der Waals surface area (Å²) in [4.78, 5) is 0. The molecule has 0 radical (unpaired) electrons. The van der Waals surface area contributed by atoms with Crippen LogP contribution >= 0.6 is 16.3 Å². The molecule has 0 heterocycles. The van der Waals surface area contributed by atoms with E-state index in [4.69, 9.17) is 4.74 Å². The number of ether oxygens (including phenoxy) is 1. The summed E-state index contributed by atoms with van der Waals surface area (Å²) in [6.07, 6.45) is 0. The van der Waals surface area contributed by atoms with Crippen molar-refractivity contribution in [2.45, 2.75) is 0 Å². The first-order chi connectivity index (χ1) is 4.93. The van der Waals surface area contributed by atoms with E-state index in [0.29, 0.717) is 0 Å². The smallest absolute Gasteiger partial charge is 0.201 e. The molecule has 0 bridgehead atoms. The summed E-state index contributed by atoms with van der Waals surface area (Å²) in [5.74, 6) is 0.807. The molecule has 0 saturated heterocycles. The molecule has 10 heavy (non-hydrogen) atoms. The zero-order valence-electron chi connectivity index (χ0n) is 5.29. The standard InChI is InChI=1S/C7H7BrO2/c8-10-6-9-7-4-2-1-3-5-7/h1-5H,6H2. The predicted octanol–water partition coefficient (Wildman–Crippen LogP) is 2.35. The van der Waals surface area contributed by atoms with E-state index >= 15 is 0 Å². The van der Waals surface area contributed by atoms with Crippen molar-refractivity contribution >= 4 is 16.3 Å². The lowest BCUT2D eigenvalue weighted by Crippen LogP contribution is -1.94. The summed E-state index contributed by atoms with van der Waals surface area (Å²) in [7, 11) is 0. The van der Waals surface area contributed by atoms with Crippen LogP contribution in [0.4, 0.5) is 0 Å². The third kappa shape index (κ3) is 2.37. The van der Waals surface area contributed by atoms with Crippen LogP contribution < -0.4 is 4.74 Å². The molecule has 1 aromatic carbocycles. The lowest BCUT2D eigenvalue weighted by atomic mass is 10.3. The first-order valence-electron chi connectivity index (χ1n) is 2.85. The van der Waals surface area contributed by atoms with Gasteiger partial charge in [-0.2, -0.15) is 0 Å². The molecule has 1 rings (SSSR count). The summed E-state index contributed by atoms with van der Waals surface area (Å²) in [6, 6.07) is 9.48. The lowest BCUT2D eigenvalue weighted by Gasteiger charge is -2.00. The van der Waals surface area contributed by atoms with Crippen LogP contribution in [-0.4, -0.2) is 6.79 Å². The molecular formula is C7H7BrO2. The second kappa shape index (κ2) is 4.30. The highest BCUT2D eigenvalue weighted by Crippen LogP contribution is 2.07. The van der Waals surface area contributed by atoms with E-state index in [1.165, 1.54) is 0 Å². The maximum Gasteiger partial charge on any atom is 0.201 e. The highest BCUT2D eigenvalue weighted by molar-refractivity contribution is 9.06. The predicted molar refractivity (Wildman–Crippen MR) is 41.9 cm³/mol. The van der Waals surface area contributed by atoms with Gasteiger partial charge in [-0.25, -0.2) is 0 Å². The van der Waals surface area contributed by atoms with Gasteiger partial charge in [-0.05, 0) is 12.1 Å². The Morgan fingerprint density at radius 2 is 1.90 bits per heavy atom. The van der Waals surface area contributed by atoms with Crippen LogP contribution in [0.2, 0.25) is 0 Å². The molecule has 0 N–H and O–H groups in total. The monoisotopic (exact) mass is 202 g/mol. The zero-order chi connectivity index (χ0) is 7.23. The third-order valence-electron chi connectivity index (χ3n) is 1.01. The molecule has 0 unspecified atom stereocenters. The Labute approximate surface area is 68.2 Å². The fourth-order valence-corrected chi connectivity index (χ4v) is 0.700. The van der Waals surface area contributed by atoms with Gasteiger partial charge in [-0.3, -0.25) is 3.83 Å². The van der Waals surface area contributed by atoms with Crippen LogP contribution in [0.5, 0.6) is 5.75 Å². The average Bonchev–Trinajstić information content (AvgIpc) is 2.03. The van der Waals surface area contributed by atoms with Crippen LogP contribution in [0.1, 0.15) is 0 Å². The van der Waals surface area contributed by atoms with E-state index in [0.717, 1.165) is 5.75 Å². The molecule has 54 valence electrons. The minimum Gasteiger partial charge on any atom is -0.467 e. The van der Waals surface area contributed by atoms with E-state index < -0.39 is 0 Å². The van der Waals surface area contributed by atoms with Gasteiger partial charge >= 0.3 is 0 Å². The molecule has 0 aliphatic heterocycles. The molecule has 0 fully saturated rings. The quantitative estimate of drug-likeness (QED) is 0.702. The molecule has 3 heteroatoms. The van der Waals surface area contributed by atoms with Crippen LogP contribution in [0.15, 0.2) is 30.3 Å². The normalized spacial score (nSPS) is 9.30. The molecule has 0 amide bonds. The first-order valence-corrected chi connectivity index (χ1v) is 3.49. The number of hydrogen-bond acceptors (Lipinski definition) is 2. The summed E-state index contributed by atoms with van der Waals surface area (Å²) in [6.45, 7) is 0.226. The van der Waals surface area contributed by atoms with Crippen molar-refractivity contribution in [2.24, 2.45) is 0 Å². The van der Waals surface area contributed by atoms with Gasteiger partial charge in [-0.15, -0.1) is 0 Å². The summed E-state index contributed by atoms with van der Waals surface area (Å²) in [5, 5.41) is 0. The van der Waals surface area contributed by atoms with Gasteiger partial charge in [0.2, 0.25) is 6.79 Å². The van der Waals surface area contributed by atoms with E-state index in [9.17, 15) is 0 Å². The maximum atomic E-state index is 5.09. The van der Waals surface area contributed by atoms with Crippen molar-refractivity contribution in [3.05, 3.63) is 30.3 Å². The number of halogens is 1. The van der Waals surface area contributed by atoms with Gasteiger partial charge in [0, 0.05) is 0 Å². The Kier molecular flexibility index (Phi) is 3.26. The van der Waals surface area contributed by atoms with Gasteiger partial charge < -0.3 is 4.74 Å².